The van der Waals surface area contributed by atoms with Crippen LogP contribution in [0.3, 0.4) is 0 Å². The lowest BCUT2D eigenvalue weighted by Gasteiger charge is -2.34. The maximum Gasteiger partial charge on any atom is 0.220 e. The van der Waals surface area contributed by atoms with Gasteiger partial charge in [-0.1, -0.05) is 61.4 Å². The molecule has 4 atom stereocenters. The van der Waals surface area contributed by atoms with Crippen molar-refractivity contribution in [3.8, 4) is 0 Å². The van der Waals surface area contributed by atoms with Crippen molar-refractivity contribution in [2.75, 3.05) is 13.1 Å². The van der Waals surface area contributed by atoms with E-state index in [0.717, 1.165) is 63.2 Å². The van der Waals surface area contributed by atoms with Gasteiger partial charge in [0.2, 0.25) is 11.8 Å². The normalized spacial score (nSPS) is 33.6. The van der Waals surface area contributed by atoms with E-state index in [1.54, 1.807) is 22.3 Å². The monoisotopic (exact) mass is 690 g/mol. The van der Waals surface area contributed by atoms with Crippen LogP contribution < -0.4 is 10.6 Å². The summed E-state index contributed by atoms with van der Waals surface area (Å²) in [5.74, 6) is 1.93. The summed E-state index contributed by atoms with van der Waals surface area (Å²) < 4.78 is 0. The molecular weight excluding hydrogens is 629 g/mol. The van der Waals surface area contributed by atoms with Crippen LogP contribution in [0.4, 0.5) is 0 Å². The van der Waals surface area contributed by atoms with Gasteiger partial charge in [0, 0.05) is 49.1 Å². The van der Waals surface area contributed by atoms with Crippen molar-refractivity contribution in [1.82, 2.24) is 20.4 Å². The van der Waals surface area contributed by atoms with Crippen LogP contribution in [-0.4, -0.2) is 46.8 Å². The molecule has 2 amide bonds. The van der Waals surface area contributed by atoms with Crippen molar-refractivity contribution in [2.45, 2.75) is 165 Å². The van der Waals surface area contributed by atoms with E-state index in [0.29, 0.717) is 49.1 Å². The van der Waals surface area contributed by atoms with Crippen LogP contribution in [0.2, 0.25) is 0 Å². The molecule has 6 nitrogen and oxygen atoms in total. The van der Waals surface area contributed by atoms with Crippen LogP contribution in [0, 0.1) is 17.3 Å². The van der Waals surface area contributed by atoms with E-state index in [1.807, 2.05) is 0 Å². The van der Waals surface area contributed by atoms with E-state index in [4.69, 9.17) is 0 Å². The molecule has 5 fully saturated rings. The lowest BCUT2D eigenvalue weighted by atomic mass is 9.78. The summed E-state index contributed by atoms with van der Waals surface area (Å²) in [6.07, 6.45) is 22.5. The van der Waals surface area contributed by atoms with Gasteiger partial charge in [0.1, 0.15) is 0 Å². The highest BCUT2D eigenvalue weighted by atomic mass is 16.2. The quantitative estimate of drug-likeness (QED) is 0.233. The Morgan fingerprint density at radius 3 is 1.24 bits per heavy atom. The molecular formula is C45H62N4O2. The Balaban J connectivity index is 0.681. The average Bonchev–Trinajstić information content (AvgIpc) is 3.98. The first-order chi connectivity index (χ1) is 25.0. The highest BCUT2D eigenvalue weighted by Gasteiger charge is 2.45. The Morgan fingerprint density at radius 1 is 0.529 bits per heavy atom. The van der Waals surface area contributed by atoms with E-state index in [2.05, 4.69) is 69.0 Å². The van der Waals surface area contributed by atoms with Crippen molar-refractivity contribution >= 4 is 11.8 Å². The first kappa shape index (κ1) is 34.1. The fraction of sp³-hybridized carbons (Fsp3) is 0.689. The third-order valence-corrected chi connectivity index (χ3v) is 15.2. The number of hydrogen-bond acceptors (Lipinski definition) is 4. The van der Waals surface area contributed by atoms with E-state index < -0.39 is 0 Å². The summed E-state index contributed by atoms with van der Waals surface area (Å²) in [6.45, 7) is 2.43. The van der Waals surface area contributed by atoms with E-state index in [1.165, 1.54) is 77.3 Å². The van der Waals surface area contributed by atoms with Gasteiger partial charge in [0.25, 0.3) is 0 Å². The molecule has 3 aliphatic carbocycles. The van der Waals surface area contributed by atoms with E-state index >= 15 is 0 Å². The zero-order valence-electron chi connectivity index (χ0n) is 31.0. The number of fused-ring (bicyclic) bond motifs is 10. The molecule has 0 radical (unpaired) electrons. The SMILES string of the molecule is O=C(CC1(CC(=O)NC2CCC(CCN3[C@@H]4CC[C@H]3c3ccccc34)CC2)CCCC1)NC1CCC(CCN2[C@@H]3CC[C@H]2c2ccccc23)CC1. The van der Waals surface area contributed by atoms with Crippen molar-refractivity contribution in [3.05, 3.63) is 70.8 Å². The number of nitrogens with one attached hydrogen (secondary N) is 2. The molecule has 6 heteroatoms. The van der Waals surface area contributed by atoms with Crippen molar-refractivity contribution in [2.24, 2.45) is 17.3 Å². The molecule has 0 aromatic heterocycles. The number of benzene rings is 2. The second-order valence-electron chi connectivity index (χ2n) is 18.2. The molecule has 0 unspecified atom stereocenters. The van der Waals surface area contributed by atoms with Crippen LogP contribution in [0.15, 0.2) is 48.5 Å². The highest BCUT2D eigenvalue weighted by molar-refractivity contribution is 5.80. The minimum atomic E-state index is -0.151. The zero-order valence-corrected chi connectivity index (χ0v) is 31.0. The molecule has 2 N–H and O–H groups in total. The summed E-state index contributed by atoms with van der Waals surface area (Å²) in [5.41, 5.74) is 6.19. The third-order valence-electron chi connectivity index (χ3n) is 15.2. The lowest BCUT2D eigenvalue weighted by molar-refractivity contribution is -0.127. The number of hydrogen-bond donors (Lipinski definition) is 2. The van der Waals surface area contributed by atoms with Crippen LogP contribution >= 0.6 is 0 Å². The topological polar surface area (TPSA) is 64.7 Å². The van der Waals surface area contributed by atoms with Gasteiger partial charge in [0.05, 0.1) is 0 Å². The minimum absolute atomic E-state index is 0.151. The molecule has 2 aromatic carbocycles. The Kier molecular flexibility index (Phi) is 9.77. The molecule has 2 saturated heterocycles. The number of nitrogens with zero attached hydrogens (tertiary/aromatic N) is 2. The zero-order chi connectivity index (χ0) is 34.4. The standard InChI is InChI=1S/C45H62N4O2/c50-43(46-33-15-11-31(12-16-33)23-27-48-39-19-20-40(48)36-8-2-1-7-35(36)39)29-45(25-5-6-26-45)30-44(51)47-34-17-13-32(14-18-34)24-28-49-41-21-22-42(49)38-10-4-3-9-37(38)41/h1-4,7-10,31-34,39-42H,5-6,11-30H2,(H,46,50)(H,47,51)/t31?,32?,33?,34?,39-,40+,41-,42+. The van der Waals surface area contributed by atoms with Crippen molar-refractivity contribution < 1.29 is 9.59 Å². The summed E-state index contributed by atoms with van der Waals surface area (Å²) >= 11 is 0. The molecule has 4 aliphatic heterocycles. The number of rotatable bonds is 12. The largest absolute Gasteiger partial charge is 0.353 e. The van der Waals surface area contributed by atoms with Gasteiger partial charge in [-0.05, 0) is 155 Å². The number of amides is 2. The van der Waals surface area contributed by atoms with Gasteiger partial charge < -0.3 is 10.6 Å². The molecule has 4 heterocycles. The van der Waals surface area contributed by atoms with Gasteiger partial charge in [0.15, 0.2) is 0 Å². The molecule has 0 spiro atoms. The van der Waals surface area contributed by atoms with Crippen LogP contribution in [0.25, 0.3) is 0 Å². The Bertz CT molecular complexity index is 1380. The summed E-state index contributed by atoms with van der Waals surface area (Å²) in [4.78, 5) is 32.5. The second kappa shape index (κ2) is 14.6. The highest BCUT2D eigenvalue weighted by Crippen LogP contribution is 2.54. The van der Waals surface area contributed by atoms with Crippen LogP contribution in [0.5, 0.6) is 0 Å². The van der Waals surface area contributed by atoms with Crippen molar-refractivity contribution in [1.29, 1.82) is 0 Å². The Hall–Kier alpha value is -2.70. The smallest absolute Gasteiger partial charge is 0.220 e. The fourth-order valence-electron chi connectivity index (χ4n) is 12.6. The van der Waals surface area contributed by atoms with Crippen LogP contribution in [0.1, 0.15) is 175 Å². The molecule has 51 heavy (non-hydrogen) atoms. The lowest BCUT2D eigenvalue weighted by Crippen LogP contribution is -2.43. The van der Waals surface area contributed by atoms with Gasteiger partial charge in [-0.3, -0.25) is 19.4 Å². The molecule has 3 saturated carbocycles. The first-order valence-electron chi connectivity index (χ1n) is 21.3. The van der Waals surface area contributed by atoms with E-state index in [9.17, 15) is 9.59 Å². The summed E-state index contributed by atoms with van der Waals surface area (Å²) in [7, 11) is 0. The number of carbonyl (C=O) groups is 2. The predicted octanol–water partition coefficient (Wildman–Crippen LogP) is 9.24. The number of carbonyl (C=O) groups excluding carboxylic acids is 2. The average molecular weight is 691 g/mol. The minimum Gasteiger partial charge on any atom is -0.353 e. The van der Waals surface area contributed by atoms with Gasteiger partial charge >= 0.3 is 0 Å². The molecule has 9 rings (SSSR count). The third kappa shape index (κ3) is 6.94. The molecule has 7 aliphatic rings. The second-order valence-corrected chi connectivity index (χ2v) is 18.2. The predicted molar refractivity (Wildman–Crippen MR) is 203 cm³/mol. The van der Waals surface area contributed by atoms with Crippen molar-refractivity contribution in [3.63, 3.8) is 0 Å². The Labute approximate surface area is 306 Å². The van der Waals surface area contributed by atoms with Crippen LogP contribution in [-0.2, 0) is 9.59 Å². The molecule has 274 valence electrons. The maximum absolute atomic E-state index is 13.5. The fourth-order valence-corrected chi connectivity index (χ4v) is 12.6. The van der Waals surface area contributed by atoms with Gasteiger partial charge in [-0.15, -0.1) is 0 Å². The van der Waals surface area contributed by atoms with E-state index in [-0.39, 0.29) is 17.2 Å². The molecule has 2 aromatic rings. The summed E-state index contributed by atoms with van der Waals surface area (Å²) in [6, 6.07) is 21.4. The van der Waals surface area contributed by atoms with Gasteiger partial charge in [-0.2, -0.15) is 0 Å². The Morgan fingerprint density at radius 2 is 0.882 bits per heavy atom. The molecule has 4 bridgehead atoms. The summed E-state index contributed by atoms with van der Waals surface area (Å²) in [5, 5.41) is 6.89. The van der Waals surface area contributed by atoms with Gasteiger partial charge in [-0.25, -0.2) is 0 Å². The maximum atomic E-state index is 13.5. The first-order valence-corrected chi connectivity index (χ1v) is 21.3.